The lowest BCUT2D eigenvalue weighted by molar-refractivity contribution is 0.824. The summed E-state index contributed by atoms with van der Waals surface area (Å²) in [5.74, 6) is 2.39. The number of aromatic nitrogens is 8. The quantitative estimate of drug-likeness (QED) is 0.253. The molecule has 9 rings (SSSR count). The molecule has 0 saturated carbocycles. The Kier molecular flexibility index (Phi) is 5.92. The molecule has 4 aromatic carbocycles. The van der Waals surface area contributed by atoms with Gasteiger partial charge in [-0.25, -0.2) is 29.9 Å². The molecule has 8 bridgehead atoms. The highest BCUT2D eigenvalue weighted by molar-refractivity contribution is 6.06. The van der Waals surface area contributed by atoms with Gasteiger partial charge in [-0.1, -0.05) is 97.1 Å². The molecule has 0 atom stereocenters. The van der Waals surface area contributed by atoms with Crippen molar-refractivity contribution in [3.05, 3.63) is 97.1 Å². The summed E-state index contributed by atoms with van der Waals surface area (Å²) in [6.07, 6.45) is 0. The highest BCUT2D eigenvalue weighted by Gasteiger charge is 2.21. The highest BCUT2D eigenvalue weighted by Crippen LogP contribution is 2.36. The van der Waals surface area contributed by atoms with Gasteiger partial charge in [-0.05, 0) is 0 Å². The molecule has 2 aliphatic heterocycles. The Bertz CT molecular complexity index is 2040. The van der Waals surface area contributed by atoms with Crippen molar-refractivity contribution in [2.75, 3.05) is 0 Å². The maximum Gasteiger partial charge on any atom is 0.187 e. The molecule has 10 heteroatoms. The minimum atomic E-state index is 0. The molecule has 200 valence electrons. The molecule has 0 aliphatic carbocycles. The van der Waals surface area contributed by atoms with E-state index < -0.39 is 0 Å². The normalized spacial score (nSPS) is 11.4. The van der Waals surface area contributed by atoms with Gasteiger partial charge >= 0.3 is 0 Å². The molecule has 5 heterocycles. The number of rotatable bonds is 0. The maximum absolute atomic E-state index is 5.02. The lowest BCUT2D eigenvalue weighted by atomic mass is 10.1. The fourth-order valence-electron chi connectivity index (χ4n) is 5.59. The van der Waals surface area contributed by atoms with E-state index in [0.717, 1.165) is 43.8 Å². The van der Waals surface area contributed by atoms with E-state index in [-0.39, 0.29) is 22.8 Å². The van der Waals surface area contributed by atoms with Crippen molar-refractivity contribution in [3.63, 3.8) is 0 Å². The maximum atomic E-state index is 5.02. The molecule has 0 radical (unpaired) electrons. The minimum absolute atomic E-state index is 0. The van der Waals surface area contributed by atoms with E-state index in [1.807, 2.05) is 97.1 Å². The summed E-state index contributed by atoms with van der Waals surface area (Å²) < 4.78 is 0. The topological polar surface area (TPSA) is 140 Å². The zero-order chi connectivity index (χ0) is 26.2. The minimum Gasteiger partial charge on any atom is -0.412 e. The predicted octanol–water partition coefficient (Wildman–Crippen LogP) is 4.86. The van der Waals surface area contributed by atoms with E-state index in [2.05, 4.69) is 9.97 Å². The van der Waals surface area contributed by atoms with Crippen LogP contribution in [0.4, 0.5) is 0 Å². The van der Waals surface area contributed by atoms with Gasteiger partial charge in [0, 0.05) is 43.8 Å². The van der Waals surface area contributed by atoms with Crippen LogP contribution in [0, 0.1) is 0 Å². The Morgan fingerprint density at radius 2 is 0.571 bits per heavy atom. The van der Waals surface area contributed by atoms with Crippen molar-refractivity contribution in [1.29, 1.82) is 0 Å². The van der Waals surface area contributed by atoms with Gasteiger partial charge in [0.05, 0.1) is 0 Å². The van der Waals surface area contributed by atoms with Crippen LogP contribution >= 0.6 is 0 Å². The van der Waals surface area contributed by atoms with Crippen molar-refractivity contribution < 1.29 is 5.48 Å². The van der Waals surface area contributed by atoms with Gasteiger partial charge in [0.1, 0.15) is 22.6 Å². The standard InChI is InChI=1S/C32H18N8.Al.H2O.3H/c1-2-10-18-17(9-1)25-33-26(18)38-28-21-13-5-6-14-22(21)30(35-28)40-32-24-16-8-7-15-23(24)31(36-32)39-29-20-12-4-3-11-19(20)27(34-29)37-25;;;;;/h1-16H,(H2,33,34,35,36,37,38,39,40);;1H2;;;. The van der Waals surface area contributed by atoms with Gasteiger partial charge in [0.25, 0.3) is 0 Å². The smallest absolute Gasteiger partial charge is 0.187 e. The second-order valence-corrected chi connectivity index (χ2v) is 9.79. The third kappa shape index (κ3) is 3.74. The zero-order valence-corrected chi connectivity index (χ0v) is 21.4. The number of H-pyrrole nitrogens is 2. The molecular weight excluding hydrogens is 539 g/mol. The summed E-state index contributed by atoms with van der Waals surface area (Å²) in [7, 11) is 0. The molecule has 0 saturated heterocycles. The summed E-state index contributed by atoms with van der Waals surface area (Å²) in [4.78, 5) is 36.8. The number of hydrogen-bond acceptors (Lipinski definition) is 6. The van der Waals surface area contributed by atoms with Crippen LogP contribution in [0.15, 0.2) is 97.1 Å². The Morgan fingerprint density at radius 1 is 0.333 bits per heavy atom. The Labute approximate surface area is 248 Å². The predicted molar refractivity (Wildman–Crippen MR) is 170 cm³/mol. The fraction of sp³-hybridized carbons (Fsp3) is 0. The number of nitrogens with one attached hydrogen (secondary N) is 2. The van der Waals surface area contributed by atoms with E-state index in [0.29, 0.717) is 45.9 Å². The van der Waals surface area contributed by atoms with Gasteiger partial charge in [0.2, 0.25) is 0 Å². The first-order valence-corrected chi connectivity index (χ1v) is 13.0. The molecule has 0 spiro atoms. The largest absolute Gasteiger partial charge is 0.412 e. The van der Waals surface area contributed by atoms with E-state index in [1.54, 1.807) is 0 Å². The molecule has 3 aromatic heterocycles. The lowest BCUT2D eigenvalue weighted by Crippen LogP contribution is -1.82. The van der Waals surface area contributed by atoms with Gasteiger partial charge in [-0.2, -0.15) is 0 Å². The lowest BCUT2D eigenvalue weighted by Gasteiger charge is -1.96. The van der Waals surface area contributed by atoms with Crippen LogP contribution in [0.1, 0.15) is 0 Å². The second-order valence-electron chi connectivity index (χ2n) is 9.79. The third-order valence-corrected chi connectivity index (χ3v) is 7.46. The Morgan fingerprint density at radius 3 is 0.833 bits per heavy atom. The van der Waals surface area contributed by atoms with Crippen molar-refractivity contribution in [3.8, 4) is 45.6 Å². The molecule has 2 aliphatic rings. The molecule has 0 unspecified atom stereocenters. The van der Waals surface area contributed by atoms with Crippen LogP contribution in [-0.2, 0) is 0 Å². The molecular formula is C32H23AlN8O. The SMILES string of the molecule is O.[AlH3].c1ccc2c(c1)-c1nc-2nc2[nH]c(nc3nc(nc4[nH]c(n1)c1ccccc41)-c1ccccc1-3)c1ccccc21. The van der Waals surface area contributed by atoms with Gasteiger partial charge in [-0.3, -0.25) is 0 Å². The first-order chi connectivity index (χ1) is 19.8. The number of aromatic amines is 2. The monoisotopic (exact) mass is 562 g/mol. The fourth-order valence-corrected chi connectivity index (χ4v) is 5.59. The molecule has 42 heavy (non-hydrogen) atoms. The summed E-state index contributed by atoms with van der Waals surface area (Å²) >= 11 is 0. The number of benzene rings is 4. The summed E-state index contributed by atoms with van der Waals surface area (Å²) in [6, 6.07) is 32.2. The van der Waals surface area contributed by atoms with Gasteiger partial charge in [0.15, 0.2) is 40.7 Å². The zero-order valence-electron chi connectivity index (χ0n) is 21.4. The van der Waals surface area contributed by atoms with E-state index in [9.17, 15) is 0 Å². The number of fused-ring (bicyclic) bond motifs is 20. The van der Waals surface area contributed by atoms with Crippen LogP contribution < -0.4 is 0 Å². The molecule has 0 amide bonds. The first-order valence-electron chi connectivity index (χ1n) is 13.0. The van der Waals surface area contributed by atoms with Crippen LogP contribution in [0.3, 0.4) is 0 Å². The Hall–Kier alpha value is -5.27. The third-order valence-electron chi connectivity index (χ3n) is 7.46. The van der Waals surface area contributed by atoms with Crippen LogP contribution in [0.25, 0.3) is 89.7 Å². The highest BCUT2D eigenvalue weighted by atomic mass is 27.0. The summed E-state index contributed by atoms with van der Waals surface area (Å²) in [5, 5.41) is 3.82. The van der Waals surface area contributed by atoms with Crippen LogP contribution in [0.2, 0.25) is 0 Å². The average molecular weight is 563 g/mol. The van der Waals surface area contributed by atoms with Gasteiger partial charge < -0.3 is 15.4 Å². The number of hydrogen-bond donors (Lipinski definition) is 2. The molecule has 7 aromatic rings. The molecule has 9 nitrogen and oxygen atoms in total. The van der Waals surface area contributed by atoms with Crippen LogP contribution in [-0.4, -0.2) is 62.7 Å². The average Bonchev–Trinajstić information content (AvgIpc) is 3.73. The van der Waals surface area contributed by atoms with Crippen LogP contribution in [0.5, 0.6) is 0 Å². The van der Waals surface area contributed by atoms with E-state index >= 15 is 0 Å². The van der Waals surface area contributed by atoms with E-state index in [1.165, 1.54) is 0 Å². The van der Waals surface area contributed by atoms with Crippen molar-refractivity contribution in [2.24, 2.45) is 0 Å². The Balaban J connectivity index is 0.00000144. The van der Waals surface area contributed by atoms with Gasteiger partial charge in [-0.15, -0.1) is 0 Å². The molecule has 0 fully saturated rings. The second kappa shape index (κ2) is 9.68. The number of nitrogens with zero attached hydrogens (tertiary/aromatic N) is 6. The first kappa shape index (κ1) is 25.7. The molecule has 4 N–H and O–H groups in total. The van der Waals surface area contributed by atoms with Crippen molar-refractivity contribution in [1.82, 2.24) is 39.9 Å². The van der Waals surface area contributed by atoms with Crippen molar-refractivity contribution >= 4 is 61.5 Å². The van der Waals surface area contributed by atoms with Crippen molar-refractivity contribution in [2.45, 2.75) is 0 Å². The van der Waals surface area contributed by atoms with E-state index in [4.69, 9.17) is 29.9 Å². The summed E-state index contributed by atoms with van der Waals surface area (Å²) in [6.45, 7) is 0. The summed E-state index contributed by atoms with van der Waals surface area (Å²) in [5.41, 5.74) is 6.45.